The normalized spacial score (nSPS) is 34.8. The minimum atomic E-state index is -5.74. The Labute approximate surface area is 190 Å². The van der Waals surface area contributed by atoms with Gasteiger partial charge in [0.25, 0.3) is 0 Å². The van der Waals surface area contributed by atoms with Crippen LogP contribution >= 0.6 is 23.5 Å². The lowest BCUT2D eigenvalue weighted by atomic mass is 9.99. The van der Waals surface area contributed by atoms with Crippen molar-refractivity contribution in [2.75, 3.05) is 13.3 Å². The second kappa shape index (κ2) is 9.31. The zero-order chi connectivity index (χ0) is 25.7. The van der Waals surface area contributed by atoms with E-state index in [0.29, 0.717) is 0 Å². The summed E-state index contributed by atoms with van der Waals surface area (Å²) in [4.78, 5) is 60.8. The van der Waals surface area contributed by atoms with E-state index in [0.717, 1.165) is 6.34 Å². The summed E-state index contributed by atoms with van der Waals surface area (Å²) >= 11 is 0. The van der Waals surface area contributed by atoms with Crippen molar-refractivity contribution < 1.29 is 66.2 Å². The number of carbonyl (C=O) groups is 1. The first-order chi connectivity index (χ1) is 15.5. The molecular formula is C12H20N5O14P3. The first-order valence-electron chi connectivity index (χ1n) is 8.99. The maximum absolute atomic E-state index is 11.9. The molecule has 34 heavy (non-hydrogen) atoms. The van der Waals surface area contributed by atoms with E-state index in [-0.39, 0.29) is 18.2 Å². The van der Waals surface area contributed by atoms with Gasteiger partial charge in [-0.25, -0.2) is 23.7 Å². The van der Waals surface area contributed by atoms with E-state index in [9.17, 15) is 33.6 Å². The molecule has 8 N–H and O–H groups in total. The Hall–Kier alpha value is -1.27. The summed E-state index contributed by atoms with van der Waals surface area (Å²) in [6.45, 7) is -0.0160. The van der Waals surface area contributed by atoms with E-state index in [2.05, 4.69) is 28.1 Å². The molecule has 0 saturated carbocycles. The highest BCUT2D eigenvalue weighted by Gasteiger charge is 2.52. The van der Waals surface area contributed by atoms with Crippen molar-refractivity contribution in [2.45, 2.75) is 37.1 Å². The summed E-state index contributed by atoms with van der Waals surface area (Å²) in [6.07, 6.45) is -5.24. The minimum absolute atomic E-state index is 0.00972. The maximum Gasteiger partial charge on any atom is 0.490 e. The number of nitrogens with two attached hydrogens (primary N) is 1. The predicted molar refractivity (Wildman–Crippen MR) is 108 cm³/mol. The van der Waals surface area contributed by atoms with Crippen molar-refractivity contribution in [1.29, 1.82) is 0 Å². The number of ether oxygens (including phenoxy) is 1. The summed E-state index contributed by atoms with van der Waals surface area (Å²) in [5.74, 6) is -0.518. The molecule has 22 heteroatoms. The van der Waals surface area contributed by atoms with E-state index in [4.69, 9.17) is 25.2 Å². The van der Waals surface area contributed by atoms with E-state index in [1.165, 1.54) is 11.8 Å². The number of aliphatic hydroxyl groups is 2. The smallest absolute Gasteiger partial charge is 0.387 e. The number of phosphoric ester groups is 1. The molecule has 1 fully saturated rings. The number of nitrogens with zero attached hydrogens (tertiary/aromatic N) is 4. The molecule has 3 heterocycles. The quantitative estimate of drug-likeness (QED) is 0.142. The molecule has 1 saturated heterocycles. The van der Waals surface area contributed by atoms with Gasteiger partial charge in [0, 0.05) is 0 Å². The monoisotopic (exact) mass is 551 g/mol. The molecule has 192 valence electrons. The van der Waals surface area contributed by atoms with Gasteiger partial charge in [-0.05, 0) is 6.92 Å². The number of aliphatic hydroxyl groups excluding tert-OH is 2. The molecule has 0 aliphatic carbocycles. The average molecular weight is 551 g/mol. The van der Waals surface area contributed by atoms with Crippen LogP contribution in [0.4, 0.5) is 0 Å². The first kappa shape index (κ1) is 27.3. The van der Waals surface area contributed by atoms with Crippen LogP contribution in [0.2, 0.25) is 0 Å². The number of rotatable bonds is 9. The van der Waals surface area contributed by atoms with Gasteiger partial charge in [0.15, 0.2) is 17.8 Å². The van der Waals surface area contributed by atoms with E-state index < -0.39 is 66.1 Å². The molecule has 3 aliphatic heterocycles. The molecule has 0 aromatic heterocycles. The summed E-state index contributed by atoms with van der Waals surface area (Å²) in [6, 6.07) is 0. The van der Waals surface area contributed by atoms with E-state index >= 15 is 0 Å². The Morgan fingerprint density at radius 1 is 1.21 bits per heavy atom. The lowest BCUT2D eigenvalue weighted by Crippen LogP contribution is -2.59. The van der Waals surface area contributed by atoms with Crippen LogP contribution in [-0.4, -0.2) is 102 Å². The standard InChI is InChI=1S/C12H20N5O14P3/c1-5(18)12(13)9-10(14-3-16-12)17(4-15-9)11-8(20)7(19)6(29-11)2-28-33(24,25)31-34(26,27)30-32(21,22)23/h3,6-8,11,19-20H,2,4,13H2,1H3,(H,24,25)(H,26,27)(H2,21,22,23)/t6-,7-,8-,11-,12?/m1/s1. The van der Waals surface area contributed by atoms with Crippen molar-refractivity contribution in [3.8, 4) is 0 Å². The van der Waals surface area contributed by atoms with Gasteiger partial charge in [-0.2, -0.15) is 8.62 Å². The number of fused-ring (bicyclic) bond motifs is 1. The molecule has 7 atom stereocenters. The van der Waals surface area contributed by atoms with Crippen LogP contribution in [0, 0.1) is 0 Å². The molecule has 19 nitrogen and oxygen atoms in total. The number of aliphatic imine (C=N–C) groups is 3. The Morgan fingerprint density at radius 3 is 2.44 bits per heavy atom. The van der Waals surface area contributed by atoms with Crippen LogP contribution < -0.4 is 5.73 Å². The third-order valence-corrected chi connectivity index (χ3v) is 8.47. The fraction of sp³-hybridized carbons (Fsp3) is 0.667. The Bertz CT molecular complexity index is 1090. The zero-order valence-electron chi connectivity index (χ0n) is 17.0. The van der Waals surface area contributed by atoms with Crippen LogP contribution in [0.25, 0.3) is 0 Å². The number of carbonyl (C=O) groups excluding carboxylic acids is 1. The van der Waals surface area contributed by atoms with Crippen LogP contribution in [-0.2, 0) is 36.4 Å². The molecule has 0 bridgehead atoms. The molecule has 0 amide bonds. The minimum Gasteiger partial charge on any atom is -0.387 e. The summed E-state index contributed by atoms with van der Waals surface area (Å²) < 4.78 is 50.9. The van der Waals surface area contributed by atoms with Crippen molar-refractivity contribution >= 4 is 47.1 Å². The van der Waals surface area contributed by atoms with Crippen LogP contribution in [0.5, 0.6) is 0 Å². The Morgan fingerprint density at radius 2 is 1.85 bits per heavy atom. The first-order valence-corrected chi connectivity index (χ1v) is 13.5. The largest absolute Gasteiger partial charge is 0.490 e. The molecule has 3 unspecified atom stereocenters. The highest BCUT2D eigenvalue weighted by Crippen LogP contribution is 2.66. The SMILES string of the molecule is CC(=O)C1(N)N=CN=C2C1=NCN2[C@@H]1O[C@H](COP(=O)(O)OP(=O)(O)OP(=O)(O)O)[C@@H](O)[C@H]1O. The number of hydrogen-bond donors (Lipinski definition) is 7. The average Bonchev–Trinajstić information content (AvgIpc) is 3.20. The lowest BCUT2D eigenvalue weighted by molar-refractivity contribution is -0.119. The van der Waals surface area contributed by atoms with Crippen LogP contribution in [0.15, 0.2) is 15.0 Å². The second-order valence-corrected chi connectivity index (χ2v) is 11.5. The predicted octanol–water partition coefficient (Wildman–Crippen LogP) is -2.83. The Balaban J connectivity index is 1.66. The van der Waals surface area contributed by atoms with Gasteiger partial charge >= 0.3 is 23.5 Å². The highest BCUT2D eigenvalue weighted by atomic mass is 31.3. The fourth-order valence-corrected chi connectivity index (χ4v) is 6.17. The van der Waals surface area contributed by atoms with Crippen LogP contribution in [0.1, 0.15) is 6.92 Å². The molecule has 0 aromatic rings. The fourth-order valence-electron chi connectivity index (χ4n) is 3.14. The molecular weight excluding hydrogens is 531 g/mol. The van der Waals surface area contributed by atoms with Gasteiger partial charge in [-0.15, -0.1) is 0 Å². The molecule has 0 spiro atoms. The van der Waals surface area contributed by atoms with Gasteiger partial charge in [-0.1, -0.05) is 0 Å². The third kappa shape index (κ3) is 5.75. The number of ketones is 1. The van der Waals surface area contributed by atoms with Crippen molar-refractivity contribution in [1.82, 2.24) is 4.90 Å². The number of Topliss-reactive ketones (excluding diaryl/α,β-unsaturated/α-hetero) is 1. The summed E-state index contributed by atoms with van der Waals surface area (Å²) in [5, 5.41) is 20.6. The van der Waals surface area contributed by atoms with Gasteiger partial charge in [-0.3, -0.25) is 20.0 Å². The van der Waals surface area contributed by atoms with Crippen molar-refractivity contribution in [2.24, 2.45) is 20.7 Å². The van der Waals surface area contributed by atoms with E-state index in [1.807, 2.05) is 0 Å². The second-order valence-electron chi connectivity index (χ2n) is 7.07. The van der Waals surface area contributed by atoms with Gasteiger partial charge in [0.05, 0.1) is 6.61 Å². The number of hydrogen-bond acceptors (Lipinski definition) is 15. The highest BCUT2D eigenvalue weighted by molar-refractivity contribution is 7.66. The van der Waals surface area contributed by atoms with Gasteiger partial charge < -0.3 is 39.4 Å². The number of phosphoric acid groups is 3. The van der Waals surface area contributed by atoms with Crippen LogP contribution in [0.3, 0.4) is 0 Å². The molecule has 0 aromatic carbocycles. The summed E-state index contributed by atoms with van der Waals surface area (Å²) in [5.41, 5.74) is 4.16. The Kier molecular flexibility index (Phi) is 7.48. The van der Waals surface area contributed by atoms with Gasteiger partial charge in [0.1, 0.15) is 37.0 Å². The topological polar surface area (TPSA) is 293 Å². The van der Waals surface area contributed by atoms with E-state index in [1.54, 1.807) is 0 Å². The summed E-state index contributed by atoms with van der Waals surface area (Å²) in [7, 11) is -16.8. The molecule has 0 radical (unpaired) electrons. The van der Waals surface area contributed by atoms with Crippen molar-refractivity contribution in [3.63, 3.8) is 0 Å². The lowest BCUT2D eigenvalue weighted by Gasteiger charge is -2.31. The molecule has 3 rings (SSSR count). The van der Waals surface area contributed by atoms with Gasteiger partial charge in [0.2, 0.25) is 5.66 Å². The molecule has 3 aliphatic rings. The number of amidine groups is 1. The maximum atomic E-state index is 11.9. The zero-order valence-corrected chi connectivity index (χ0v) is 19.6. The van der Waals surface area contributed by atoms with Crippen molar-refractivity contribution in [3.05, 3.63) is 0 Å². The third-order valence-electron chi connectivity index (χ3n) is 4.67.